The first-order chi connectivity index (χ1) is 26.3. The van der Waals surface area contributed by atoms with Crippen LogP contribution < -0.4 is 21.3 Å². The van der Waals surface area contributed by atoms with Gasteiger partial charge in [0.25, 0.3) is 5.91 Å². The van der Waals surface area contributed by atoms with Crippen molar-refractivity contribution in [2.45, 2.75) is 62.9 Å². The van der Waals surface area contributed by atoms with Gasteiger partial charge in [-0.3, -0.25) is 14.4 Å². The third-order valence-corrected chi connectivity index (χ3v) is 12.1. The molecule has 0 radical (unpaired) electrons. The average Bonchev–Trinajstić information content (AvgIpc) is 3.72. The summed E-state index contributed by atoms with van der Waals surface area (Å²) in [6.07, 6.45) is 0.0924. The molecule has 4 rings (SSSR count). The smallest absolute Gasteiger partial charge is 0.481 e. The van der Waals surface area contributed by atoms with Crippen molar-refractivity contribution < 1.29 is 91.7 Å². The summed E-state index contributed by atoms with van der Waals surface area (Å²) < 4.78 is 0.230. The number of carboxylic acids is 6. The first-order valence-electron chi connectivity index (χ1n) is 18.7. The van der Waals surface area contributed by atoms with Gasteiger partial charge in [-0.15, -0.1) is 17.9 Å². The fourth-order valence-corrected chi connectivity index (χ4v) is 10.4. The van der Waals surface area contributed by atoms with E-state index in [1.54, 1.807) is 0 Å². The lowest BCUT2D eigenvalue weighted by atomic mass is 10.1. The number of carbonyl (C=O) groups is 9. The quantitative estimate of drug-likeness (QED) is 0.0333. The maximum absolute atomic E-state index is 13.6. The molecular weight excluding hydrogens is 748 g/mol. The average molecular weight is 803 g/mol. The molecule has 312 valence electrons. The van der Waals surface area contributed by atoms with E-state index in [0.29, 0.717) is 71.6 Å². The molecule has 0 aliphatic carbocycles. The van der Waals surface area contributed by atoms with Crippen molar-refractivity contribution in [3.63, 3.8) is 0 Å². The van der Waals surface area contributed by atoms with Gasteiger partial charge >= 0.3 is 47.8 Å². The minimum atomic E-state index is -1.57. The largest absolute Gasteiger partial charge is 0.483 e. The topological polar surface area (TPSA) is 323 Å². The van der Waals surface area contributed by atoms with Gasteiger partial charge in [0.1, 0.15) is 64.4 Å². The lowest BCUT2D eigenvalue weighted by Gasteiger charge is -2.49. The zero-order chi connectivity index (χ0) is 41.5. The standard InChI is InChI=1S/C33H50N8O15/c42-24(6-4-22(30(52)53)36-32(56)37-23(31(54)55)5-7-26(44)45)34-8-2-1-3-9-35-25(43)18-38-10-12-39(19-27(46)47)14-16-41(21-29(50)51)17-15-40(13-11-38,20-28(48)49)33(38,39)41/h22-23H,1-21H2,(H6-4,34,35,36,37,42,43,44,45,46,47,48,49,50,51,52,53,54,55,56)/p+4/t22-,23-,33?,38?,39-,40+,41?/m0/s1. The molecule has 0 saturated carbocycles. The number of carbonyl (C=O) groups excluding carboxylic acids is 3. The number of quaternary nitrogens is 4. The lowest BCUT2D eigenvalue weighted by Crippen LogP contribution is -2.86. The van der Waals surface area contributed by atoms with Crippen LogP contribution in [-0.4, -0.2) is 212 Å². The van der Waals surface area contributed by atoms with Crippen LogP contribution in [0.25, 0.3) is 0 Å². The summed E-state index contributed by atoms with van der Waals surface area (Å²) >= 11 is 0. The predicted octanol–water partition coefficient (Wildman–Crippen LogP) is -3.57. The number of unbranched alkanes of at least 4 members (excludes halogenated alkanes) is 2. The van der Waals surface area contributed by atoms with E-state index in [0.717, 1.165) is 0 Å². The van der Waals surface area contributed by atoms with Crippen LogP contribution in [0.15, 0.2) is 0 Å². The Bertz CT molecular complexity index is 1530. The van der Waals surface area contributed by atoms with Crippen LogP contribution in [0.2, 0.25) is 0 Å². The molecule has 4 aliphatic rings. The molecule has 4 saturated heterocycles. The fraction of sp³-hybridized carbons (Fsp3) is 0.727. The molecule has 0 aromatic heterocycles. The lowest BCUT2D eigenvalue weighted by molar-refractivity contribution is -1.36. The number of nitrogens with zero attached hydrogens (tertiary/aromatic N) is 4. The Morgan fingerprint density at radius 3 is 1.18 bits per heavy atom. The fourth-order valence-electron chi connectivity index (χ4n) is 10.4. The third kappa shape index (κ3) is 8.49. The van der Waals surface area contributed by atoms with Crippen LogP contribution in [0.3, 0.4) is 0 Å². The summed E-state index contributed by atoms with van der Waals surface area (Å²) in [6, 6.07) is -4.24. The van der Waals surface area contributed by atoms with Crippen molar-refractivity contribution in [1.82, 2.24) is 21.3 Å². The molecule has 1 spiro atoms. The number of urea groups is 1. The van der Waals surface area contributed by atoms with E-state index >= 15 is 0 Å². The van der Waals surface area contributed by atoms with E-state index in [2.05, 4.69) is 16.0 Å². The van der Waals surface area contributed by atoms with Gasteiger partial charge in [0, 0.05) is 25.9 Å². The molecule has 23 heteroatoms. The summed E-state index contributed by atoms with van der Waals surface area (Å²) in [5.41, 5.74) is 0. The highest BCUT2D eigenvalue weighted by Gasteiger charge is 2.99. The molecule has 4 heterocycles. The van der Waals surface area contributed by atoms with Crippen LogP contribution >= 0.6 is 0 Å². The second-order valence-electron chi connectivity index (χ2n) is 15.4. The minimum Gasteiger partial charge on any atom is -0.481 e. The van der Waals surface area contributed by atoms with Gasteiger partial charge in [-0.25, -0.2) is 28.8 Å². The molecule has 3 unspecified atom stereocenters. The van der Waals surface area contributed by atoms with Gasteiger partial charge < -0.3 is 51.9 Å². The number of hydrogen-bond donors (Lipinski definition) is 10. The summed E-state index contributed by atoms with van der Waals surface area (Å²) in [7, 11) is 0. The Morgan fingerprint density at radius 1 is 0.464 bits per heavy atom. The van der Waals surface area contributed by atoms with Crippen molar-refractivity contribution in [2.75, 3.05) is 91.6 Å². The number of hydrogen-bond acceptors (Lipinski definition) is 9. The highest BCUT2D eigenvalue weighted by atomic mass is 16.4. The van der Waals surface area contributed by atoms with Crippen molar-refractivity contribution in [3.05, 3.63) is 0 Å². The molecule has 4 aliphatic heterocycles. The highest BCUT2D eigenvalue weighted by Crippen LogP contribution is 2.62. The van der Waals surface area contributed by atoms with Crippen LogP contribution in [0, 0.1) is 0 Å². The number of aliphatic carboxylic acids is 6. The van der Waals surface area contributed by atoms with Crippen LogP contribution in [0.5, 0.6) is 0 Å². The molecule has 23 nitrogen and oxygen atoms in total. The van der Waals surface area contributed by atoms with Gasteiger partial charge in [0.05, 0.1) is 0 Å². The SMILES string of the molecule is O=C(O)CC[C@H](NC(=O)N[C@@H](CCC(=O)NCCCCCNC(=O)C[N+]12CC[N@+]3(CC(=O)O)CC[N+]4(CC(=O)O)CC[N@+](CC(=O)O)(CC1)C423)C(=O)O)C(=O)O. The van der Waals surface area contributed by atoms with E-state index in [9.17, 15) is 68.7 Å². The highest BCUT2D eigenvalue weighted by molar-refractivity contribution is 5.87. The third-order valence-electron chi connectivity index (χ3n) is 12.1. The first kappa shape index (κ1) is 43.6. The van der Waals surface area contributed by atoms with E-state index in [4.69, 9.17) is 5.11 Å². The molecule has 0 aromatic carbocycles. The monoisotopic (exact) mass is 802 g/mol. The van der Waals surface area contributed by atoms with E-state index in [-0.39, 0.29) is 75.9 Å². The normalized spacial score (nSPS) is 29.3. The van der Waals surface area contributed by atoms with E-state index in [1.807, 2.05) is 5.32 Å². The molecule has 4 fully saturated rings. The Balaban J connectivity index is 1.26. The van der Waals surface area contributed by atoms with Gasteiger partial charge in [0.2, 0.25) is 5.91 Å². The van der Waals surface area contributed by atoms with Crippen molar-refractivity contribution in [1.29, 1.82) is 0 Å². The molecule has 4 amide bonds. The molecule has 10 N–H and O–H groups in total. The number of carboxylic acid groups (broad SMARTS) is 6. The summed E-state index contributed by atoms with van der Waals surface area (Å²) in [4.78, 5) is 109. The molecular formula is C33H54N8O15+4. The predicted molar refractivity (Wildman–Crippen MR) is 186 cm³/mol. The number of nitrogens with one attached hydrogen (secondary N) is 4. The Hall–Kier alpha value is -5.13. The van der Waals surface area contributed by atoms with Crippen LogP contribution in [-0.2, 0) is 38.4 Å². The Morgan fingerprint density at radius 2 is 0.821 bits per heavy atom. The number of amides is 4. The van der Waals surface area contributed by atoms with Gasteiger partial charge in [-0.05, 0) is 32.1 Å². The summed E-state index contributed by atoms with van der Waals surface area (Å²) in [6.45, 7) is 2.68. The van der Waals surface area contributed by atoms with Crippen molar-refractivity contribution in [3.8, 4) is 0 Å². The molecule has 56 heavy (non-hydrogen) atoms. The first-order valence-corrected chi connectivity index (χ1v) is 18.7. The van der Waals surface area contributed by atoms with Gasteiger partial charge in [0.15, 0.2) is 26.2 Å². The Kier molecular flexibility index (Phi) is 13.5. The summed E-state index contributed by atoms with van der Waals surface area (Å²) in [5.74, 6) is -9.39. The second-order valence-corrected chi connectivity index (χ2v) is 15.4. The maximum atomic E-state index is 13.6. The Labute approximate surface area is 321 Å². The van der Waals surface area contributed by atoms with E-state index < -0.39 is 78.6 Å². The van der Waals surface area contributed by atoms with E-state index in [1.165, 1.54) is 0 Å². The van der Waals surface area contributed by atoms with Crippen LogP contribution in [0.4, 0.5) is 4.79 Å². The maximum Gasteiger partial charge on any atom is 0.483 e. The number of rotatable bonds is 24. The zero-order valence-corrected chi connectivity index (χ0v) is 31.2. The summed E-state index contributed by atoms with van der Waals surface area (Å²) in [5, 5.41) is 67.3. The van der Waals surface area contributed by atoms with Crippen LogP contribution in [0.1, 0.15) is 44.9 Å². The van der Waals surface area contributed by atoms with Crippen molar-refractivity contribution >= 4 is 53.7 Å². The minimum absolute atomic E-state index is 0.0358. The zero-order valence-electron chi connectivity index (χ0n) is 31.2. The molecule has 0 aromatic rings. The van der Waals surface area contributed by atoms with Gasteiger partial charge in [-0.1, -0.05) is 0 Å². The van der Waals surface area contributed by atoms with Gasteiger partial charge in [-0.2, -0.15) is 0 Å². The molecule has 7 atom stereocenters. The van der Waals surface area contributed by atoms with Crippen molar-refractivity contribution in [2.24, 2.45) is 0 Å². The second kappa shape index (κ2) is 17.3. The molecule has 0 bridgehead atoms.